The molecule has 0 spiro atoms. The number of aliphatic hydroxyl groups is 1. The van der Waals surface area contributed by atoms with Crippen LogP contribution in [0, 0.1) is 0 Å². The van der Waals surface area contributed by atoms with Crippen molar-refractivity contribution < 1.29 is 14.7 Å². The molecule has 1 aliphatic rings. The Kier molecular flexibility index (Phi) is 6.49. The van der Waals surface area contributed by atoms with Crippen LogP contribution in [0.2, 0.25) is 0 Å². The first-order valence-corrected chi connectivity index (χ1v) is 11.8. The van der Waals surface area contributed by atoms with Crippen molar-refractivity contribution >= 4 is 24.7 Å². The Morgan fingerprint density at radius 3 is 2.95 bits per heavy atom. The molecule has 10 heteroatoms. The summed E-state index contributed by atoms with van der Waals surface area (Å²) in [5.41, 5.74) is -0.377. The van der Waals surface area contributed by atoms with Gasteiger partial charge in [0.1, 0.15) is 6.23 Å². The number of H-pyrrole nitrogens is 1. The van der Waals surface area contributed by atoms with Crippen molar-refractivity contribution in [2.75, 3.05) is 6.16 Å². The van der Waals surface area contributed by atoms with Crippen molar-refractivity contribution in [1.82, 2.24) is 9.55 Å². The zero-order valence-electron chi connectivity index (χ0n) is 11.5. The van der Waals surface area contributed by atoms with E-state index in [2.05, 4.69) is 4.98 Å². The largest absolute Gasteiger partial charge is 0.390 e. The molecule has 118 valence electrons. The van der Waals surface area contributed by atoms with Gasteiger partial charge >= 0.3 is 5.69 Å². The number of aryl methyl sites for hydroxylation is 1. The SMILES string of the molecule is CCc1cn(C2CC(O)C(CPPPO)O2)c(=O)[nH]c1=O. The van der Waals surface area contributed by atoms with Crippen molar-refractivity contribution in [2.45, 2.75) is 38.2 Å². The van der Waals surface area contributed by atoms with Gasteiger partial charge in [-0.05, 0) is 20.5 Å². The highest BCUT2D eigenvalue weighted by Crippen LogP contribution is 2.51. The molecule has 0 aromatic carbocycles. The van der Waals surface area contributed by atoms with Crippen molar-refractivity contribution in [3.8, 4) is 0 Å². The molecule has 21 heavy (non-hydrogen) atoms. The Labute approximate surface area is 126 Å². The van der Waals surface area contributed by atoms with Crippen LogP contribution in [0.25, 0.3) is 0 Å². The molecule has 0 amide bonds. The first kappa shape index (κ1) is 17.2. The maximum Gasteiger partial charge on any atom is 0.330 e. The van der Waals surface area contributed by atoms with Crippen molar-refractivity contribution in [1.29, 1.82) is 0 Å². The highest BCUT2D eigenvalue weighted by molar-refractivity contribution is 8.42. The second kappa shape index (κ2) is 7.92. The zero-order chi connectivity index (χ0) is 15.4. The molecular formula is C11H19N2O5P3. The molecule has 1 fully saturated rings. The van der Waals surface area contributed by atoms with Crippen molar-refractivity contribution in [3.05, 3.63) is 32.6 Å². The summed E-state index contributed by atoms with van der Waals surface area (Å²) in [7, 11) is 0.982. The molecule has 0 radical (unpaired) electrons. The van der Waals surface area contributed by atoms with Gasteiger partial charge in [0.25, 0.3) is 5.56 Å². The second-order valence-corrected chi connectivity index (χ2v) is 10.7. The van der Waals surface area contributed by atoms with Gasteiger partial charge in [-0.15, -0.1) is 0 Å². The van der Waals surface area contributed by atoms with Crippen LogP contribution < -0.4 is 11.2 Å². The Hall–Kier alpha value is -0.150. The molecular weight excluding hydrogens is 333 g/mol. The number of aromatic amines is 1. The summed E-state index contributed by atoms with van der Waals surface area (Å²) >= 11 is 0. The number of aliphatic hydroxyl groups excluding tert-OH is 1. The topological polar surface area (TPSA) is 105 Å². The number of ether oxygens (including phenoxy) is 1. The minimum absolute atomic E-state index is 0.0579. The number of nitrogens with zero attached hydrogens (tertiary/aromatic N) is 1. The van der Waals surface area contributed by atoms with Gasteiger partial charge in [-0.25, -0.2) is 4.79 Å². The molecule has 6 atom stereocenters. The maximum absolute atomic E-state index is 11.9. The third kappa shape index (κ3) is 4.19. The van der Waals surface area contributed by atoms with Crippen LogP contribution in [0.4, 0.5) is 0 Å². The van der Waals surface area contributed by atoms with E-state index in [4.69, 9.17) is 9.63 Å². The van der Waals surface area contributed by atoms with Gasteiger partial charge in [0.2, 0.25) is 0 Å². The lowest BCUT2D eigenvalue weighted by Crippen LogP contribution is -2.34. The van der Waals surface area contributed by atoms with Gasteiger partial charge < -0.3 is 14.7 Å². The lowest BCUT2D eigenvalue weighted by Gasteiger charge is -2.16. The normalized spacial score (nSPS) is 27.1. The summed E-state index contributed by atoms with van der Waals surface area (Å²) in [6, 6.07) is 0. The fourth-order valence-corrected chi connectivity index (χ4v) is 5.78. The van der Waals surface area contributed by atoms with E-state index in [1.807, 2.05) is 6.92 Å². The molecule has 0 aliphatic carbocycles. The smallest absolute Gasteiger partial charge is 0.330 e. The average molecular weight is 352 g/mol. The summed E-state index contributed by atoms with van der Waals surface area (Å²) in [5.74, 6) is 0. The van der Waals surface area contributed by atoms with Crippen molar-refractivity contribution in [2.24, 2.45) is 0 Å². The van der Waals surface area contributed by atoms with Gasteiger partial charge in [-0.3, -0.25) is 14.3 Å². The third-order valence-corrected chi connectivity index (χ3v) is 8.35. The summed E-state index contributed by atoms with van der Waals surface area (Å²) in [5, 5.41) is 10.0. The van der Waals surface area contributed by atoms with Gasteiger partial charge in [0.05, 0.1) is 12.2 Å². The van der Waals surface area contributed by atoms with Crippen LogP contribution in [-0.2, 0) is 11.2 Å². The number of rotatable bonds is 6. The number of hydrogen-bond donors (Lipinski definition) is 3. The lowest BCUT2D eigenvalue weighted by atomic mass is 10.2. The maximum atomic E-state index is 11.9. The summed E-state index contributed by atoms with van der Waals surface area (Å²) in [6.45, 7) is 1.84. The van der Waals surface area contributed by atoms with Crippen LogP contribution in [0.15, 0.2) is 15.8 Å². The highest BCUT2D eigenvalue weighted by Gasteiger charge is 2.35. The number of nitrogens with one attached hydrogen (secondary N) is 1. The monoisotopic (exact) mass is 352 g/mol. The molecule has 0 saturated carbocycles. The first-order valence-electron chi connectivity index (χ1n) is 6.61. The lowest BCUT2D eigenvalue weighted by molar-refractivity contribution is -0.00784. The van der Waals surface area contributed by atoms with Gasteiger partial charge in [-0.2, -0.15) is 0 Å². The van der Waals surface area contributed by atoms with E-state index in [1.165, 1.54) is 10.8 Å². The number of aromatic nitrogens is 2. The minimum atomic E-state index is -0.627. The Balaban J connectivity index is 2.13. The van der Waals surface area contributed by atoms with Crippen LogP contribution >= 0.6 is 24.7 Å². The molecule has 1 aliphatic heterocycles. The summed E-state index contributed by atoms with van der Waals surface area (Å²) < 4.78 is 7.10. The minimum Gasteiger partial charge on any atom is -0.390 e. The zero-order valence-corrected chi connectivity index (χ0v) is 14.5. The summed E-state index contributed by atoms with van der Waals surface area (Å²) in [4.78, 5) is 34.5. The molecule has 3 N–H and O–H groups in total. The van der Waals surface area contributed by atoms with E-state index in [-0.39, 0.29) is 20.2 Å². The third-order valence-electron chi connectivity index (χ3n) is 3.38. The van der Waals surface area contributed by atoms with Gasteiger partial charge in [0, 0.05) is 26.7 Å². The molecule has 2 heterocycles. The molecule has 2 rings (SSSR count). The van der Waals surface area contributed by atoms with Crippen LogP contribution in [0.1, 0.15) is 25.1 Å². The molecule has 7 nitrogen and oxygen atoms in total. The number of hydrogen-bond acceptors (Lipinski definition) is 5. The van der Waals surface area contributed by atoms with E-state index in [1.54, 1.807) is 0 Å². The molecule has 0 bridgehead atoms. The van der Waals surface area contributed by atoms with Crippen molar-refractivity contribution in [3.63, 3.8) is 0 Å². The Morgan fingerprint density at radius 1 is 1.52 bits per heavy atom. The van der Waals surface area contributed by atoms with E-state index in [9.17, 15) is 14.7 Å². The first-order chi connectivity index (χ1) is 10.1. The molecule has 1 aromatic rings. The molecule has 1 saturated heterocycles. The fraction of sp³-hybridized carbons (Fsp3) is 0.636. The van der Waals surface area contributed by atoms with Crippen LogP contribution in [0.3, 0.4) is 0 Å². The quantitative estimate of drug-likeness (QED) is 0.512. The average Bonchev–Trinajstić information content (AvgIpc) is 2.80. The van der Waals surface area contributed by atoms with Crippen LogP contribution in [-0.4, -0.2) is 37.9 Å². The second-order valence-electron chi connectivity index (χ2n) is 4.72. The Morgan fingerprint density at radius 2 is 2.29 bits per heavy atom. The molecule has 6 unspecified atom stereocenters. The van der Waals surface area contributed by atoms with E-state index in [0.29, 0.717) is 40.8 Å². The standard InChI is InChI=1S/C11H19N2O5P3/c1-2-6-4-13(11(16)12-10(6)15)9-3-7(14)8(18-9)5-19-21-20-17/h4,7-9,14,17,19-21H,2-3,5H2,1H3,(H,12,15,16). The van der Waals surface area contributed by atoms with E-state index >= 15 is 0 Å². The summed E-state index contributed by atoms with van der Waals surface area (Å²) in [6.07, 6.45) is 1.55. The molecule has 1 aromatic heterocycles. The predicted molar refractivity (Wildman–Crippen MR) is 87.3 cm³/mol. The van der Waals surface area contributed by atoms with Gasteiger partial charge in [0.15, 0.2) is 0 Å². The van der Waals surface area contributed by atoms with E-state index in [0.717, 1.165) is 0 Å². The Bertz CT molecular complexity index is 590. The highest BCUT2D eigenvalue weighted by atomic mass is 32.4. The predicted octanol–water partition coefficient (Wildman–Crippen LogP) is 0.520. The van der Waals surface area contributed by atoms with Crippen LogP contribution in [0.5, 0.6) is 0 Å². The fourth-order valence-electron chi connectivity index (χ4n) is 2.25. The van der Waals surface area contributed by atoms with E-state index < -0.39 is 18.0 Å². The van der Waals surface area contributed by atoms with Gasteiger partial charge in [-0.1, -0.05) is 15.2 Å².